The molecule has 0 aliphatic carbocycles. The lowest BCUT2D eigenvalue weighted by Gasteiger charge is -2.05. The maximum atomic E-state index is 5.41. The van der Waals surface area contributed by atoms with Gasteiger partial charge in [-0.3, -0.25) is 0 Å². The Morgan fingerprint density at radius 1 is 0.895 bits per heavy atom. The maximum absolute atomic E-state index is 5.41. The Hall–Kier alpha value is -2.62. The fraction of sp³-hybridized carbons (Fsp3) is 0.0667. The first-order valence-corrected chi connectivity index (χ1v) is 6.01. The first-order valence-electron chi connectivity index (χ1n) is 6.01. The standard InChI is InChI=1S/C15H10N2O2/c1-2-4-12-11(3-1)15(17-8-16-12)10-5-6-13-14(7-10)19-9-18-13/h1-8H,9H2. The van der Waals surface area contributed by atoms with Gasteiger partial charge in [-0.2, -0.15) is 0 Å². The normalized spacial score (nSPS) is 12.8. The van der Waals surface area contributed by atoms with E-state index < -0.39 is 0 Å². The van der Waals surface area contributed by atoms with Gasteiger partial charge in [0.1, 0.15) is 6.33 Å². The Balaban J connectivity index is 1.95. The second-order valence-electron chi connectivity index (χ2n) is 4.31. The zero-order chi connectivity index (χ0) is 12.7. The van der Waals surface area contributed by atoms with Crippen molar-refractivity contribution in [3.8, 4) is 22.8 Å². The average molecular weight is 250 g/mol. The van der Waals surface area contributed by atoms with Crippen molar-refractivity contribution in [2.24, 2.45) is 0 Å². The number of fused-ring (bicyclic) bond motifs is 2. The van der Waals surface area contributed by atoms with Gasteiger partial charge in [0.15, 0.2) is 11.5 Å². The molecule has 0 unspecified atom stereocenters. The molecule has 19 heavy (non-hydrogen) atoms. The van der Waals surface area contributed by atoms with Crippen molar-refractivity contribution in [3.05, 3.63) is 48.8 Å². The number of benzene rings is 2. The van der Waals surface area contributed by atoms with Gasteiger partial charge in [0, 0.05) is 10.9 Å². The molecule has 0 spiro atoms. The van der Waals surface area contributed by atoms with Gasteiger partial charge < -0.3 is 9.47 Å². The van der Waals surface area contributed by atoms with Gasteiger partial charge in [-0.1, -0.05) is 18.2 Å². The van der Waals surface area contributed by atoms with Crippen LogP contribution in [0.2, 0.25) is 0 Å². The molecule has 92 valence electrons. The predicted molar refractivity (Wildman–Crippen MR) is 71.1 cm³/mol. The summed E-state index contributed by atoms with van der Waals surface area (Å²) in [6.45, 7) is 0.281. The molecule has 1 aromatic heterocycles. The number of hydrogen-bond acceptors (Lipinski definition) is 4. The molecule has 0 N–H and O–H groups in total. The lowest BCUT2D eigenvalue weighted by molar-refractivity contribution is 0.174. The number of rotatable bonds is 1. The van der Waals surface area contributed by atoms with E-state index in [0.29, 0.717) is 0 Å². The molecule has 2 heterocycles. The van der Waals surface area contributed by atoms with Crippen LogP contribution < -0.4 is 9.47 Å². The van der Waals surface area contributed by atoms with Crippen LogP contribution in [-0.4, -0.2) is 16.8 Å². The average Bonchev–Trinajstić information content (AvgIpc) is 2.94. The van der Waals surface area contributed by atoms with Crippen LogP contribution in [0.5, 0.6) is 11.5 Å². The number of aromatic nitrogens is 2. The summed E-state index contributed by atoms with van der Waals surface area (Å²) in [6.07, 6.45) is 1.59. The summed E-state index contributed by atoms with van der Waals surface area (Å²) >= 11 is 0. The van der Waals surface area contributed by atoms with Crippen molar-refractivity contribution < 1.29 is 9.47 Å². The van der Waals surface area contributed by atoms with Crippen molar-refractivity contribution >= 4 is 10.9 Å². The quantitative estimate of drug-likeness (QED) is 0.666. The van der Waals surface area contributed by atoms with E-state index in [1.165, 1.54) is 0 Å². The molecule has 0 saturated heterocycles. The highest BCUT2D eigenvalue weighted by Gasteiger charge is 2.15. The minimum Gasteiger partial charge on any atom is -0.454 e. The number of para-hydroxylation sites is 1. The zero-order valence-corrected chi connectivity index (χ0v) is 10.0. The van der Waals surface area contributed by atoms with E-state index in [1.54, 1.807) is 6.33 Å². The number of hydrogen-bond donors (Lipinski definition) is 0. The molecule has 1 aliphatic heterocycles. The van der Waals surface area contributed by atoms with E-state index in [4.69, 9.17) is 9.47 Å². The fourth-order valence-electron chi connectivity index (χ4n) is 2.28. The van der Waals surface area contributed by atoms with Crippen molar-refractivity contribution in [3.63, 3.8) is 0 Å². The molecular formula is C15H10N2O2. The van der Waals surface area contributed by atoms with Crippen molar-refractivity contribution in [2.45, 2.75) is 0 Å². The Morgan fingerprint density at radius 2 is 1.79 bits per heavy atom. The Bertz CT molecular complexity index is 766. The van der Waals surface area contributed by atoms with Crippen LogP contribution in [0.15, 0.2) is 48.8 Å². The number of nitrogens with zero attached hydrogens (tertiary/aromatic N) is 2. The Labute approximate surface area is 109 Å². The summed E-state index contributed by atoms with van der Waals surface area (Å²) in [7, 11) is 0. The van der Waals surface area contributed by atoms with Crippen LogP contribution in [0.3, 0.4) is 0 Å². The van der Waals surface area contributed by atoms with Crippen LogP contribution in [0.4, 0.5) is 0 Å². The van der Waals surface area contributed by atoms with Gasteiger partial charge in [0.05, 0.1) is 11.2 Å². The Morgan fingerprint density at radius 3 is 2.79 bits per heavy atom. The summed E-state index contributed by atoms with van der Waals surface area (Å²) in [5, 5.41) is 1.03. The largest absolute Gasteiger partial charge is 0.454 e. The molecule has 4 heteroatoms. The van der Waals surface area contributed by atoms with Gasteiger partial charge in [-0.15, -0.1) is 0 Å². The van der Waals surface area contributed by atoms with Gasteiger partial charge in [-0.05, 0) is 24.3 Å². The second kappa shape index (κ2) is 3.95. The van der Waals surface area contributed by atoms with Gasteiger partial charge in [-0.25, -0.2) is 9.97 Å². The molecule has 2 aromatic carbocycles. The van der Waals surface area contributed by atoms with Crippen LogP contribution in [0.25, 0.3) is 22.2 Å². The third-order valence-electron chi connectivity index (χ3n) is 3.19. The minimum absolute atomic E-state index is 0.281. The lowest BCUT2D eigenvalue weighted by Crippen LogP contribution is -1.93. The van der Waals surface area contributed by atoms with E-state index >= 15 is 0 Å². The first kappa shape index (κ1) is 10.3. The highest BCUT2D eigenvalue weighted by Crippen LogP contribution is 2.36. The molecule has 4 rings (SSSR count). The van der Waals surface area contributed by atoms with Crippen LogP contribution in [0.1, 0.15) is 0 Å². The summed E-state index contributed by atoms with van der Waals surface area (Å²) < 4.78 is 10.7. The van der Waals surface area contributed by atoms with Gasteiger partial charge >= 0.3 is 0 Å². The summed E-state index contributed by atoms with van der Waals surface area (Å²) in [5.41, 5.74) is 2.84. The van der Waals surface area contributed by atoms with Crippen LogP contribution in [-0.2, 0) is 0 Å². The lowest BCUT2D eigenvalue weighted by atomic mass is 10.1. The van der Waals surface area contributed by atoms with Gasteiger partial charge in [0.2, 0.25) is 6.79 Å². The van der Waals surface area contributed by atoms with Gasteiger partial charge in [0.25, 0.3) is 0 Å². The summed E-state index contributed by atoms with van der Waals surface area (Å²) in [4.78, 5) is 8.67. The third-order valence-corrected chi connectivity index (χ3v) is 3.19. The molecule has 0 amide bonds. The molecule has 0 saturated carbocycles. The van der Waals surface area contributed by atoms with E-state index in [-0.39, 0.29) is 6.79 Å². The fourth-order valence-corrected chi connectivity index (χ4v) is 2.28. The third kappa shape index (κ3) is 1.61. The minimum atomic E-state index is 0.281. The molecule has 0 atom stereocenters. The van der Waals surface area contributed by atoms with Crippen molar-refractivity contribution in [1.29, 1.82) is 0 Å². The van der Waals surface area contributed by atoms with E-state index in [0.717, 1.165) is 33.7 Å². The molecule has 4 nitrogen and oxygen atoms in total. The Kier molecular flexibility index (Phi) is 2.14. The SMILES string of the molecule is c1ccc2c(-c3ccc4c(c3)OCO4)ncnc2c1. The van der Waals surface area contributed by atoms with E-state index in [2.05, 4.69) is 9.97 Å². The highest BCUT2D eigenvalue weighted by atomic mass is 16.7. The molecule has 1 aliphatic rings. The second-order valence-corrected chi connectivity index (χ2v) is 4.31. The van der Waals surface area contributed by atoms with Crippen molar-refractivity contribution in [2.75, 3.05) is 6.79 Å². The molecule has 0 radical (unpaired) electrons. The van der Waals surface area contributed by atoms with Crippen molar-refractivity contribution in [1.82, 2.24) is 9.97 Å². The van der Waals surface area contributed by atoms with Crippen LogP contribution >= 0.6 is 0 Å². The molecule has 3 aromatic rings. The monoisotopic (exact) mass is 250 g/mol. The molecular weight excluding hydrogens is 240 g/mol. The first-order chi connectivity index (χ1) is 9.42. The van der Waals surface area contributed by atoms with Crippen LogP contribution in [0, 0.1) is 0 Å². The molecule has 0 fully saturated rings. The predicted octanol–water partition coefficient (Wildman–Crippen LogP) is 3.03. The zero-order valence-electron chi connectivity index (χ0n) is 10.0. The maximum Gasteiger partial charge on any atom is 0.231 e. The topological polar surface area (TPSA) is 44.2 Å². The highest BCUT2D eigenvalue weighted by molar-refractivity contribution is 5.92. The summed E-state index contributed by atoms with van der Waals surface area (Å²) in [5.74, 6) is 1.54. The summed E-state index contributed by atoms with van der Waals surface area (Å²) in [6, 6.07) is 13.8. The van der Waals surface area contributed by atoms with E-state index in [1.807, 2.05) is 42.5 Å². The molecule has 0 bridgehead atoms. The smallest absolute Gasteiger partial charge is 0.231 e. The van der Waals surface area contributed by atoms with E-state index in [9.17, 15) is 0 Å². The number of ether oxygens (including phenoxy) is 2.